The molecule has 0 spiro atoms. The Morgan fingerprint density at radius 3 is 2.29 bits per heavy atom. The molecule has 0 fully saturated rings. The van der Waals surface area contributed by atoms with Crippen LogP contribution in [0.1, 0.15) is 21.8 Å². The highest BCUT2D eigenvalue weighted by molar-refractivity contribution is 7.85. The lowest BCUT2D eigenvalue weighted by molar-refractivity contribution is -0.641. The number of benzene rings is 5. The van der Waals surface area contributed by atoms with Crippen LogP contribution in [0.25, 0.3) is 60.9 Å². The van der Waals surface area contributed by atoms with Crippen molar-refractivity contribution in [1.29, 1.82) is 0 Å². The molecule has 0 saturated heterocycles. The first kappa shape index (κ1) is 30.0. The van der Waals surface area contributed by atoms with Crippen molar-refractivity contribution in [2.45, 2.75) is 11.3 Å². The third-order valence-corrected chi connectivity index (χ3v) is 11.0. The van der Waals surface area contributed by atoms with Crippen LogP contribution in [0.4, 0.5) is 0 Å². The van der Waals surface area contributed by atoms with Gasteiger partial charge in [0.2, 0.25) is 5.52 Å². The van der Waals surface area contributed by atoms with E-state index in [2.05, 4.69) is 137 Å². The van der Waals surface area contributed by atoms with Gasteiger partial charge in [0.1, 0.15) is 11.7 Å². The summed E-state index contributed by atoms with van der Waals surface area (Å²) in [4.78, 5) is -0.106. The number of pyridine rings is 1. The number of nitrogens with zero attached hydrogens (tertiary/aromatic N) is 2. The molecule has 1 N–H and O–H groups in total. The van der Waals surface area contributed by atoms with Gasteiger partial charge in [0.05, 0.1) is 21.5 Å². The van der Waals surface area contributed by atoms with Crippen LogP contribution in [-0.4, -0.2) is 17.4 Å². The van der Waals surface area contributed by atoms with Crippen LogP contribution >= 0.6 is 11.3 Å². The Morgan fingerprint density at radius 1 is 0.729 bits per heavy atom. The van der Waals surface area contributed by atoms with Gasteiger partial charge in [0, 0.05) is 23.4 Å². The van der Waals surface area contributed by atoms with Gasteiger partial charge in [-0.25, -0.2) is 0 Å². The second kappa shape index (κ2) is 12.0. The van der Waals surface area contributed by atoms with E-state index >= 15 is 0 Å². The Kier molecular flexibility index (Phi) is 7.53. The van der Waals surface area contributed by atoms with Crippen molar-refractivity contribution >= 4 is 60.1 Å². The fraction of sp³-hybridized carbons (Fsp3) is 0.0488. The quantitative estimate of drug-likeness (QED) is 0.137. The predicted molar refractivity (Wildman–Crippen MR) is 197 cm³/mol. The minimum absolute atomic E-state index is 0.106. The molecule has 0 unspecified atom stereocenters. The smallest absolute Gasteiger partial charge is 0.294 e. The number of aryl methyl sites for hydroxylation is 1. The van der Waals surface area contributed by atoms with Gasteiger partial charge in [0.15, 0.2) is 0 Å². The van der Waals surface area contributed by atoms with Gasteiger partial charge >= 0.3 is 0 Å². The second-order valence-electron chi connectivity index (χ2n) is 11.9. The first-order valence-corrected chi connectivity index (χ1v) is 17.9. The highest BCUT2D eigenvalue weighted by Crippen LogP contribution is 2.42. The molecular formula is C41H31N2O3S2+. The molecular weight excluding hydrogens is 633 g/mol. The zero-order valence-corrected chi connectivity index (χ0v) is 27.7. The van der Waals surface area contributed by atoms with Crippen molar-refractivity contribution in [1.82, 2.24) is 4.40 Å². The average Bonchev–Trinajstić information content (AvgIpc) is 3.62. The highest BCUT2D eigenvalue weighted by atomic mass is 32.2. The molecule has 8 aromatic rings. The monoisotopic (exact) mass is 663 g/mol. The number of thiazole rings is 1. The molecule has 5 aromatic carbocycles. The molecule has 0 atom stereocenters. The first-order chi connectivity index (χ1) is 23.3. The van der Waals surface area contributed by atoms with Crippen molar-refractivity contribution in [3.8, 4) is 22.3 Å². The van der Waals surface area contributed by atoms with E-state index in [1.807, 2.05) is 6.07 Å². The van der Waals surface area contributed by atoms with E-state index in [4.69, 9.17) is 0 Å². The molecule has 0 aliphatic rings. The fourth-order valence-electron chi connectivity index (χ4n) is 6.69. The SMILES string of the molecule is C[n+]1c(/C=C/c2c(-c3ccccc3)c(-c3cccc(Cc4ccc(S(=O)(=O)O)cc4)c3)c3ccccn23)sc2ccc3ccccc3c21. The summed E-state index contributed by atoms with van der Waals surface area (Å²) in [6, 6.07) is 44.8. The van der Waals surface area contributed by atoms with Crippen LogP contribution in [0.5, 0.6) is 0 Å². The summed E-state index contributed by atoms with van der Waals surface area (Å²) in [7, 11) is -2.09. The van der Waals surface area contributed by atoms with E-state index < -0.39 is 10.1 Å². The van der Waals surface area contributed by atoms with E-state index in [-0.39, 0.29) is 4.90 Å². The second-order valence-corrected chi connectivity index (χ2v) is 14.4. The van der Waals surface area contributed by atoms with Gasteiger partial charge in [-0.2, -0.15) is 13.0 Å². The minimum atomic E-state index is -4.23. The van der Waals surface area contributed by atoms with Crippen molar-refractivity contribution < 1.29 is 17.5 Å². The molecule has 5 nitrogen and oxygen atoms in total. The van der Waals surface area contributed by atoms with E-state index in [1.54, 1.807) is 23.5 Å². The number of hydrogen-bond donors (Lipinski definition) is 1. The molecule has 0 saturated carbocycles. The maximum atomic E-state index is 11.5. The van der Waals surface area contributed by atoms with E-state index in [1.165, 1.54) is 33.1 Å². The topological polar surface area (TPSA) is 62.7 Å². The number of fused-ring (bicyclic) bond motifs is 4. The van der Waals surface area contributed by atoms with Crippen LogP contribution in [0.3, 0.4) is 0 Å². The maximum absolute atomic E-state index is 11.5. The Morgan fingerprint density at radius 2 is 1.48 bits per heavy atom. The highest BCUT2D eigenvalue weighted by Gasteiger charge is 2.22. The summed E-state index contributed by atoms with van der Waals surface area (Å²) in [6.07, 6.45) is 7.23. The van der Waals surface area contributed by atoms with Crippen LogP contribution in [0.2, 0.25) is 0 Å². The van der Waals surface area contributed by atoms with E-state index in [0.29, 0.717) is 6.42 Å². The molecule has 8 rings (SSSR count). The Hall–Kier alpha value is -5.34. The average molecular weight is 664 g/mol. The zero-order chi connectivity index (χ0) is 32.8. The molecule has 3 heterocycles. The lowest BCUT2D eigenvalue weighted by Gasteiger charge is -2.10. The number of rotatable bonds is 7. The van der Waals surface area contributed by atoms with Crippen LogP contribution in [0, 0.1) is 0 Å². The summed E-state index contributed by atoms with van der Waals surface area (Å²) in [5.74, 6) is 0. The molecule has 0 bridgehead atoms. The van der Waals surface area contributed by atoms with E-state index in [9.17, 15) is 13.0 Å². The Balaban J connectivity index is 1.27. The summed E-state index contributed by atoms with van der Waals surface area (Å²) in [5.41, 5.74) is 10.0. The number of aromatic nitrogens is 2. The molecule has 0 amide bonds. The van der Waals surface area contributed by atoms with Gasteiger partial charge in [-0.1, -0.05) is 108 Å². The van der Waals surface area contributed by atoms with Gasteiger partial charge in [-0.05, 0) is 76.5 Å². The molecule has 7 heteroatoms. The third kappa shape index (κ3) is 5.42. The molecule has 0 aliphatic carbocycles. The predicted octanol–water partition coefficient (Wildman–Crippen LogP) is 9.47. The minimum Gasteiger partial charge on any atom is -0.316 e. The number of hydrogen-bond acceptors (Lipinski definition) is 3. The normalized spacial score (nSPS) is 12.1. The van der Waals surface area contributed by atoms with E-state index in [0.717, 1.165) is 49.6 Å². The standard InChI is InChI=1S/C41H30N2O3S2/c1-42-38(47-37-23-19-30-11-5-6-15-34(30)41(37)42)24-22-36-39(31-12-3-2-4-13-31)40(35-16-7-8-25-43(35)36)32-14-9-10-29(27-32)26-28-17-20-33(21-18-28)48(44,45)46/h2-25,27H,26H2,1H3/p+1. The first-order valence-electron chi connectivity index (χ1n) is 15.7. The summed E-state index contributed by atoms with van der Waals surface area (Å²) >= 11 is 1.79. The lowest BCUT2D eigenvalue weighted by Crippen LogP contribution is -2.29. The van der Waals surface area contributed by atoms with Crippen molar-refractivity contribution in [3.05, 3.63) is 161 Å². The van der Waals surface area contributed by atoms with Crippen LogP contribution in [-0.2, 0) is 23.6 Å². The lowest BCUT2D eigenvalue weighted by atomic mass is 9.93. The summed E-state index contributed by atoms with van der Waals surface area (Å²) in [5, 5.41) is 3.65. The fourth-order valence-corrected chi connectivity index (χ4v) is 8.24. The largest absolute Gasteiger partial charge is 0.316 e. The summed E-state index contributed by atoms with van der Waals surface area (Å²) in [6.45, 7) is 0. The molecule has 0 aliphatic heterocycles. The molecule has 3 aromatic heterocycles. The van der Waals surface area contributed by atoms with Gasteiger partial charge < -0.3 is 4.40 Å². The molecule has 0 radical (unpaired) electrons. The van der Waals surface area contributed by atoms with Gasteiger partial charge in [-0.3, -0.25) is 4.55 Å². The third-order valence-electron chi connectivity index (χ3n) is 8.92. The molecule has 234 valence electrons. The van der Waals surface area contributed by atoms with Crippen molar-refractivity contribution in [2.75, 3.05) is 0 Å². The van der Waals surface area contributed by atoms with Crippen molar-refractivity contribution in [2.24, 2.45) is 7.05 Å². The zero-order valence-electron chi connectivity index (χ0n) is 26.1. The maximum Gasteiger partial charge on any atom is 0.294 e. The van der Waals surface area contributed by atoms with Gasteiger partial charge in [0.25, 0.3) is 15.1 Å². The summed E-state index contributed by atoms with van der Waals surface area (Å²) < 4.78 is 38.3. The molecule has 48 heavy (non-hydrogen) atoms. The van der Waals surface area contributed by atoms with Crippen molar-refractivity contribution in [3.63, 3.8) is 0 Å². The Bertz CT molecular complexity index is 2620. The van der Waals surface area contributed by atoms with Gasteiger partial charge in [-0.15, -0.1) is 0 Å². The van der Waals surface area contributed by atoms with Crippen LogP contribution in [0.15, 0.2) is 145 Å². The van der Waals surface area contributed by atoms with Crippen LogP contribution < -0.4 is 4.57 Å². The Labute approximate surface area is 283 Å².